The minimum Gasteiger partial charge on any atom is -0.353 e. The summed E-state index contributed by atoms with van der Waals surface area (Å²) in [4.78, 5) is 20.7. The van der Waals surface area contributed by atoms with Crippen LogP contribution in [0.2, 0.25) is 0 Å². The van der Waals surface area contributed by atoms with Gasteiger partial charge in [0.05, 0.1) is 0 Å². The van der Waals surface area contributed by atoms with Crippen LogP contribution < -0.4 is 10.2 Å². The van der Waals surface area contributed by atoms with E-state index in [-0.39, 0.29) is 6.03 Å². The summed E-state index contributed by atoms with van der Waals surface area (Å²) in [6, 6.07) is 14.1. The highest BCUT2D eigenvalue weighted by Crippen LogP contribution is 2.12. The van der Waals surface area contributed by atoms with Gasteiger partial charge in [-0.2, -0.15) is 0 Å². The molecule has 5 nitrogen and oxygen atoms in total. The van der Waals surface area contributed by atoms with Crippen molar-refractivity contribution >= 4 is 11.8 Å². The van der Waals surface area contributed by atoms with Crippen molar-refractivity contribution < 1.29 is 4.79 Å². The van der Waals surface area contributed by atoms with Gasteiger partial charge in [-0.25, -0.2) is 9.78 Å². The lowest BCUT2D eigenvalue weighted by molar-refractivity contribution is 0.194. The molecule has 1 aromatic heterocycles. The van der Waals surface area contributed by atoms with E-state index >= 15 is 0 Å². The summed E-state index contributed by atoms with van der Waals surface area (Å²) in [6.07, 6.45) is 1.80. The standard InChI is InChI=1S/C18H22N4O/c1-15-5-4-6-16(13-15)14-20-18(23)22-11-9-21(10-12-22)17-7-2-3-8-19-17/h2-8,13H,9-12,14H2,1H3,(H,20,23). The molecule has 1 fully saturated rings. The highest BCUT2D eigenvalue weighted by Gasteiger charge is 2.21. The van der Waals surface area contributed by atoms with Crippen molar-refractivity contribution in [2.75, 3.05) is 31.1 Å². The summed E-state index contributed by atoms with van der Waals surface area (Å²) in [7, 11) is 0. The molecule has 1 N–H and O–H groups in total. The molecule has 5 heteroatoms. The average molecular weight is 310 g/mol. The van der Waals surface area contributed by atoms with Crippen molar-refractivity contribution in [2.45, 2.75) is 13.5 Å². The summed E-state index contributed by atoms with van der Waals surface area (Å²) in [5, 5.41) is 3.00. The predicted octanol–water partition coefficient (Wildman–Crippen LogP) is 2.42. The third-order valence-electron chi connectivity index (χ3n) is 4.07. The van der Waals surface area contributed by atoms with Crippen molar-refractivity contribution in [3.8, 4) is 0 Å². The van der Waals surface area contributed by atoms with Crippen LogP contribution >= 0.6 is 0 Å². The molecule has 2 heterocycles. The highest BCUT2D eigenvalue weighted by atomic mass is 16.2. The van der Waals surface area contributed by atoms with Crippen molar-refractivity contribution in [2.24, 2.45) is 0 Å². The summed E-state index contributed by atoms with van der Waals surface area (Å²) in [5.74, 6) is 0.979. The van der Waals surface area contributed by atoms with Gasteiger partial charge in [-0.1, -0.05) is 35.9 Å². The number of amides is 2. The fourth-order valence-electron chi connectivity index (χ4n) is 2.79. The van der Waals surface area contributed by atoms with Crippen LogP contribution in [0, 0.1) is 6.92 Å². The number of nitrogens with zero attached hydrogens (tertiary/aromatic N) is 3. The van der Waals surface area contributed by atoms with Crippen molar-refractivity contribution in [3.05, 3.63) is 59.8 Å². The Bertz CT molecular complexity index is 651. The lowest BCUT2D eigenvalue weighted by atomic mass is 10.1. The zero-order valence-electron chi connectivity index (χ0n) is 13.4. The van der Waals surface area contributed by atoms with Gasteiger partial charge < -0.3 is 15.1 Å². The molecule has 0 aliphatic carbocycles. The lowest BCUT2D eigenvalue weighted by Gasteiger charge is -2.35. The normalized spacial score (nSPS) is 14.7. The highest BCUT2D eigenvalue weighted by molar-refractivity contribution is 5.74. The molecule has 0 unspecified atom stereocenters. The maximum absolute atomic E-state index is 12.3. The van der Waals surface area contributed by atoms with Crippen LogP contribution in [0.5, 0.6) is 0 Å². The number of pyridine rings is 1. The van der Waals surface area contributed by atoms with E-state index in [1.165, 1.54) is 5.56 Å². The number of carbonyl (C=O) groups excluding carboxylic acids is 1. The van der Waals surface area contributed by atoms with Gasteiger partial charge >= 0.3 is 6.03 Å². The minimum absolute atomic E-state index is 0.00665. The Morgan fingerprint density at radius 1 is 1.13 bits per heavy atom. The molecule has 2 amide bonds. The van der Waals surface area contributed by atoms with Crippen molar-refractivity contribution in [1.29, 1.82) is 0 Å². The van der Waals surface area contributed by atoms with Gasteiger partial charge in [0.25, 0.3) is 0 Å². The van der Waals surface area contributed by atoms with Crippen molar-refractivity contribution in [1.82, 2.24) is 15.2 Å². The van der Waals surface area contributed by atoms with Gasteiger partial charge in [-0.05, 0) is 24.6 Å². The third kappa shape index (κ3) is 4.00. The number of aromatic nitrogens is 1. The number of piperazine rings is 1. The van der Waals surface area contributed by atoms with Crippen LogP contribution in [-0.4, -0.2) is 42.1 Å². The van der Waals surface area contributed by atoms with Crippen LogP contribution in [0.3, 0.4) is 0 Å². The van der Waals surface area contributed by atoms with Crippen LogP contribution in [0.1, 0.15) is 11.1 Å². The molecule has 1 aliphatic heterocycles. The summed E-state index contributed by atoms with van der Waals surface area (Å²) in [5.41, 5.74) is 2.34. The molecule has 0 bridgehead atoms. The van der Waals surface area contributed by atoms with Crippen molar-refractivity contribution in [3.63, 3.8) is 0 Å². The Labute approximate surface area is 136 Å². The summed E-state index contributed by atoms with van der Waals surface area (Å²) >= 11 is 0. The monoisotopic (exact) mass is 310 g/mol. The van der Waals surface area contributed by atoms with Gasteiger partial charge in [0.2, 0.25) is 0 Å². The minimum atomic E-state index is 0.00665. The molecular weight excluding hydrogens is 288 g/mol. The second-order valence-corrected chi connectivity index (χ2v) is 5.81. The molecule has 23 heavy (non-hydrogen) atoms. The quantitative estimate of drug-likeness (QED) is 0.947. The zero-order valence-corrected chi connectivity index (χ0v) is 13.4. The van der Waals surface area contributed by atoms with E-state index in [1.807, 2.05) is 35.2 Å². The van der Waals surface area contributed by atoms with E-state index in [4.69, 9.17) is 0 Å². The molecule has 1 aromatic carbocycles. The second-order valence-electron chi connectivity index (χ2n) is 5.81. The Balaban J connectivity index is 1.48. The maximum Gasteiger partial charge on any atom is 0.317 e. The number of carbonyl (C=O) groups is 1. The Morgan fingerprint density at radius 2 is 1.96 bits per heavy atom. The number of rotatable bonds is 3. The van der Waals surface area contributed by atoms with Crippen LogP contribution in [0.25, 0.3) is 0 Å². The first-order valence-electron chi connectivity index (χ1n) is 7.97. The van der Waals surface area contributed by atoms with Gasteiger partial charge in [0, 0.05) is 38.9 Å². The summed E-state index contributed by atoms with van der Waals surface area (Å²) in [6.45, 7) is 5.69. The number of anilines is 1. The first-order chi connectivity index (χ1) is 11.2. The number of hydrogen-bond acceptors (Lipinski definition) is 3. The average Bonchev–Trinajstić information content (AvgIpc) is 2.61. The summed E-state index contributed by atoms with van der Waals surface area (Å²) < 4.78 is 0. The Kier molecular flexibility index (Phi) is 4.76. The van der Waals surface area contributed by atoms with Gasteiger partial charge in [-0.3, -0.25) is 0 Å². The molecule has 2 aromatic rings. The molecule has 0 saturated carbocycles. The number of aryl methyl sites for hydroxylation is 1. The zero-order chi connectivity index (χ0) is 16.1. The number of benzene rings is 1. The molecule has 120 valence electrons. The second kappa shape index (κ2) is 7.13. The van der Waals surface area contributed by atoms with E-state index in [0.29, 0.717) is 6.54 Å². The lowest BCUT2D eigenvalue weighted by Crippen LogP contribution is -2.51. The molecule has 0 radical (unpaired) electrons. The smallest absolute Gasteiger partial charge is 0.317 e. The van der Waals surface area contributed by atoms with E-state index in [1.54, 1.807) is 6.20 Å². The van der Waals surface area contributed by atoms with E-state index in [9.17, 15) is 4.79 Å². The van der Waals surface area contributed by atoms with Gasteiger partial charge in [0.15, 0.2) is 0 Å². The van der Waals surface area contributed by atoms with Crippen LogP contribution in [0.15, 0.2) is 48.7 Å². The van der Waals surface area contributed by atoms with Gasteiger partial charge in [-0.15, -0.1) is 0 Å². The first kappa shape index (κ1) is 15.3. The van der Waals surface area contributed by atoms with E-state index in [2.05, 4.69) is 34.3 Å². The molecule has 3 rings (SSSR count). The number of urea groups is 1. The largest absolute Gasteiger partial charge is 0.353 e. The molecule has 1 aliphatic rings. The first-order valence-corrected chi connectivity index (χ1v) is 7.97. The van der Waals surface area contributed by atoms with E-state index < -0.39 is 0 Å². The molecular formula is C18H22N4O. The number of nitrogens with one attached hydrogen (secondary N) is 1. The van der Waals surface area contributed by atoms with Crippen LogP contribution in [0.4, 0.5) is 10.6 Å². The fourth-order valence-corrected chi connectivity index (χ4v) is 2.79. The molecule has 0 spiro atoms. The molecule has 1 saturated heterocycles. The molecule has 0 atom stereocenters. The SMILES string of the molecule is Cc1cccc(CNC(=O)N2CCN(c3ccccn3)CC2)c1. The predicted molar refractivity (Wildman–Crippen MR) is 91.4 cm³/mol. The van der Waals surface area contributed by atoms with Gasteiger partial charge in [0.1, 0.15) is 5.82 Å². The maximum atomic E-state index is 12.3. The third-order valence-corrected chi connectivity index (χ3v) is 4.07. The Morgan fingerprint density at radius 3 is 2.65 bits per heavy atom. The fraction of sp³-hybridized carbons (Fsp3) is 0.333. The Hall–Kier alpha value is -2.56. The van der Waals surface area contributed by atoms with Crippen LogP contribution in [-0.2, 0) is 6.54 Å². The number of hydrogen-bond donors (Lipinski definition) is 1. The van der Waals surface area contributed by atoms with E-state index in [0.717, 1.165) is 37.6 Å². The topological polar surface area (TPSA) is 48.5 Å².